The van der Waals surface area contributed by atoms with E-state index >= 15 is 0 Å². The highest BCUT2D eigenvalue weighted by molar-refractivity contribution is 5.63. The highest BCUT2D eigenvalue weighted by Gasteiger charge is 2.36. The quantitative estimate of drug-likeness (QED) is 0.845. The molecule has 0 bridgehead atoms. The summed E-state index contributed by atoms with van der Waals surface area (Å²) in [6.45, 7) is 8.20. The Labute approximate surface area is 144 Å². The molecule has 2 aliphatic rings. The van der Waals surface area contributed by atoms with E-state index in [0.717, 1.165) is 25.6 Å². The second-order valence-corrected chi connectivity index (χ2v) is 6.95. The van der Waals surface area contributed by atoms with Crippen molar-refractivity contribution >= 4 is 5.69 Å². The molecule has 0 spiro atoms. The molecule has 3 heteroatoms. The third-order valence-electron chi connectivity index (χ3n) is 4.96. The van der Waals surface area contributed by atoms with E-state index in [1.807, 2.05) is 0 Å². The molecule has 1 saturated heterocycles. The largest absolute Gasteiger partial charge is 0.476 e. The summed E-state index contributed by atoms with van der Waals surface area (Å²) in [6, 6.07) is 15.6. The summed E-state index contributed by atoms with van der Waals surface area (Å²) < 4.78 is 5.96. The molecule has 1 atom stereocenters. The summed E-state index contributed by atoms with van der Waals surface area (Å²) in [5.74, 6) is 1.01. The van der Waals surface area contributed by atoms with Crippen molar-refractivity contribution in [3.05, 3.63) is 76.8 Å². The van der Waals surface area contributed by atoms with Crippen molar-refractivity contribution in [1.82, 2.24) is 4.90 Å². The van der Waals surface area contributed by atoms with Crippen LogP contribution in [0.25, 0.3) is 0 Å². The number of benzene rings is 2. The van der Waals surface area contributed by atoms with Crippen LogP contribution in [0.1, 0.15) is 22.3 Å². The van der Waals surface area contributed by atoms with Gasteiger partial charge >= 0.3 is 0 Å². The van der Waals surface area contributed by atoms with Gasteiger partial charge in [0.2, 0.25) is 5.88 Å². The molecule has 3 nitrogen and oxygen atoms in total. The maximum absolute atomic E-state index is 5.96. The van der Waals surface area contributed by atoms with Crippen LogP contribution in [0.2, 0.25) is 0 Å². The molecule has 2 aliphatic heterocycles. The van der Waals surface area contributed by atoms with Gasteiger partial charge in [0.05, 0.1) is 18.9 Å². The number of hydrogen-bond donors (Lipinski definition) is 0. The zero-order valence-electron chi connectivity index (χ0n) is 14.6. The number of hydrogen-bond acceptors (Lipinski definition) is 3. The fourth-order valence-corrected chi connectivity index (χ4v) is 3.99. The molecule has 0 aliphatic carbocycles. The van der Waals surface area contributed by atoms with E-state index in [9.17, 15) is 0 Å². The van der Waals surface area contributed by atoms with Gasteiger partial charge in [0.15, 0.2) is 0 Å². The summed E-state index contributed by atoms with van der Waals surface area (Å²) in [5, 5.41) is 0. The van der Waals surface area contributed by atoms with Gasteiger partial charge in [-0.25, -0.2) is 0 Å². The highest BCUT2D eigenvalue weighted by Crippen LogP contribution is 2.35. The van der Waals surface area contributed by atoms with Crippen molar-refractivity contribution in [1.29, 1.82) is 0 Å². The van der Waals surface area contributed by atoms with Gasteiger partial charge in [0.1, 0.15) is 6.61 Å². The summed E-state index contributed by atoms with van der Waals surface area (Å²) in [6.07, 6.45) is 3.19. The Morgan fingerprint density at radius 1 is 1.04 bits per heavy atom. The second-order valence-electron chi connectivity index (χ2n) is 6.95. The number of rotatable bonds is 3. The molecular weight excluding hydrogens is 296 g/mol. The molecule has 24 heavy (non-hydrogen) atoms. The first-order valence-corrected chi connectivity index (χ1v) is 8.61. The van der Waals surface area contributed by atoms with E-state index in [-0.39, 0.29) is 0 Å². The molecular formula is C21H24N2O. The van der Waals surface area contributed by atoms with Gasteiger partial charge in [-0.2, -0.15) is 0 Å². The predicted octanol–water partition coefficient (Wildman–Crippen LogP) is 4.13. The van der Waals surface area contributed by atoms with Crippen molar-refractivity contribution < 1.29 is 4.74 Å². The number of ether oxygens (including phenoxy) is 1. The third kappa shape index (κ3) is 2.64. The molecule has 124 valence electrons. The summed E-state index contributed by atoms with van der Waals surface area (Å²) in [7, 11) is 0. The fourth-order valence-electron chi connectivity index (χ4n) is 3.99. The Morgan fingerprint density at radius 3 is 2.46 bits per heavy atom. The molecule has 0 radical (unpaired) electrons. The van der Waals surface area contributed by atoms with Crippen LogP contribution in [0.15, 0.2) is 54.5 Å². The standard InChI is InChI=1S/C21H24N2O/c1-15-9-16(2)21(17(3)10-15)22-12-20-23(14-22)19(13-24-20)11-18-7-5-4-6-8-18/h4-10,12,19H,11,13-14H2,1-3H3/t19-/m0/s1. The average Bonchev–Trinajstić information content (AvgIpc) is 3.09. The number of anilines is 1. The normalized spacial score (nSPS) is 19.3. The van der Waals surface area contributed by atoms with Gasteiger partial charge < -0.3 is 14.5 Å². The molecule has 0 saturated carbocycles. The van der Waals surface area contributed by atoms with Gasteiger partial charge in [-0.15, -0.1) is 0 Å². The molecule has 2 aromatic carbocycles. The summed E-state index contributed by atoms with van der Waals surface area (Å²) in [5.41, 5.74) is 6.65. The van der Waals surface area contributed by atoms with Crippen molar-refractivity contribution in [3.8, 4) is 0 Å². The van der Waals surface area contributed by atoms with Gasteiger partial charge in [-0.1, -0.05) is 48.0 Å². The van der Waals surface area contributed by atoms with Crippen molar-refractivity contribution in [2.75, 3.05) is 18.2 Å². The van der Waals surface area contributed by atoms with Gasteiger partial charge in [-0.05, 0) is 43.9 Å². The van der Waals surface area contributed by atoms with E-state index in [1.165, 1.54) is 27.9 Å². The number of nitrogens with zero attached hydrogens (tertiary/aromatic N) is 2. The lowest BCUT2D eigenvalue weighted by molar-refractivity contribution is 0.245. The minimum Gasteiger partial charge on any atom is -0.476 e. The van der Waals surface area contributed by atoms with E-state index in [0.29, 0.717) is 6.04 Å². The van der Waals surface area contributed by atoms with Crippen LogP contribution in [0, 0.1) is 20.8 Å². The Balaban J connectivity index is 1.55. The molecule has 4 rings (SSSR count). The van der Waals surface area contributed by atoms with Crippen LogP contribution in [0.5, 0.6) is 0 Å². The zero-order chi connectivity index (χ0) is 16.7. The predicted molar refractivity (Wildman–Crippen MR) is 97.8 cm³/mol. The van der Waals surface area contributed by atoms with E-state index in [1.54, 1.807) is 0 Å². The lowest BCUT2D eigenvalue weighted by atomic mass is 10.0. The van der Waals surface area contributed by atoms with E-state index in [2.05, 4.69) is 79.2 Å². The van der Waals surface area contributed by atoms with Gasteiger partial charge in [0, 0.05) is 5.69 Å². The molecule has 0 amide bonds. The van der Waals surface area contributed by atoms with E-state index in [4.69, 9.17) is 4.74 Å². The second kappa shape index (κ2) is 5.90. The maximum Gasteiger partial charge on any atom is 0.208 e. The van der Waals surface area contributed by atoms with Gasteiger partial charge in [-0.3, -0.25) is 0 Å². The van der Waals surface area contributed by atoms with Crippen LogP contribution in [-0.4, -0.2) is 24.2 Å². The van der Waals surface area contributed by atoms with Crippen LogP contribution < -0.4 is 4.90 Å². The SMILES string of the molecule is Cc1cc(C)c(N2C=C3OC[C@H](Cc4ccccc4)N3C2)c(C)c1. The summed E-state index contributed by atoms with van der Waals surface area (Å²) >= 11 is 0. The van der Waals surface area contributed by atoms with Crippen molar-refractivity contribution in [3.63, 3.8) is 0 Å². The first-order chi connectivity index (χ1) is 11.6. The first-order valence-electron chi connectivity index (χ1n) is 8.61. The molecule has 2 aromatic rings. The van der Waals surface area contributed by atoms with Crippen LogP contribution in [0.3, 0.4) is 0 Å². The molecule has 0 aromatic heterocycles. The monoisotopic (exact) mass is 320 g/mol. The third-order valence-corrected chi connectivity index (χ3v) is 4.96. The van der Waals surface area contributed by atoms with Crippen molar-refractivity contribution in [2.24, 2.45) is 0 Å². The smallest absolute Gasteiger partial charge is 0.208 e. The molecule has 0 unspecified atom stereocenters. The molecule has 1 fully saturated rings. The lowest BCUT2D eigenvalue weighted by Gasteiger charge is -2.26. The fraction of sp³-hybridized carbons (Fsp3) is 0.333. The Kier molecular flexibility index (Phi) is 3.72. The summed E-state index contributed by atoms with van der Waals surface area (Å²) in [4.78, 5) is 4.72. The van der Waals surface area contributed by atoms with Crippen molar-refractivity contribution in [2.45, 2.75) is 33.2 Å². The van der Waals surface area contributed by atoms with E-state index < -0.39 is 0 Å². The minimum absolute atomic E-state index is 0.412. The zero-order valence-corrected chi connectivity index (χ0v) is 14.6. The molecule has 0 N–H and O–H groups in total. The number of fused-ring (bicyclic) bond motifs is 1. The Bertz CT molecular complexity index is 759. The van der Waals surface area contributed by atoms with Gasteiger partial charge in [0.25, 0.3) is 0 Å². The lowest BCUT2D eigenvalue weighted by Crippen LogP contribution is -2.35. The maximum atomic E-state index is 5.96. The Hall–Kier alpha value is -2.42. The average molecular weight is 320 g/mol. The minimum atomic E-state index is 0.412. The van der Waals surface area contributed by atoms with Crippen LogP contribution >= 0.6 is 0 Å². The van der Waals surface area contributed by atoms with Crippen LogP contribution in [0.4, 0.5) is 5.69 Å². The first kappa shape index (κ1) is 15.1. The number of aryl methyl sites for hydroxylation is 3. The molecule has 2 heterocycles. The Morgan fingerprint density at radius 2 is 1.75 bits per heavy atom. The highest BCUT2D eigenvalue weighted by atomic mass is 16.5. The topological polar surface area (TPSA) is 15.7 Å². The van der Waals surface area contributed by atoms with Crippen LogP contribution in [-0.2, 0) is 11.2 Å².